The molecule has 0 saturated carbocycles. The van der Waals surface area contributed by atoms with Crippen LogP contribution in [0.1, 0.15) is 36.0 Å². The van der Waals surface area contributed by atoms with Crippen molar-refractivity contribution in [2.75, 3.05) is 23.3 Å². The zero-order valence-corrected chi connectivity index (χ0v) is 14.5. The smallest absolute Gasteiger partial charge is 0.257 e. The SMILES string of the molecule is O=C(Nc1ccc(N2CCCCCC2)cc1)c1cc(F)c(F)cc1Cl. The van der Waals surface area contributed by atoms with E-state index in [-0.39, 0.29) is 10.6 Å². The van der Waals surface area contributed by atoms with Crippen molar-refractivity contribution in [2.24, 2.45) is 0 Å². The van der Waals surface area contributed by atoms with Crippen molar-refractivity contribution >= 4 is 28.9 Å². The van der Waals surface area contributed by atoms with Crippen molar-refractivity contribution in [1.82, 2.24) is 0 Å². The molecule has 1 N–H and O–H groups in total. The maximum absolute atomic E-state index is 13.3. The van der Waals surface area contributed by atoms with Gasteiger partial charge in [-0.2, -0.15) is 0 Å². The first-order valence-electron chi connectivity index (χ1n) is 8.35. The molecule has 25 heavy (non-hydrogen) atoms. The van der Waals surface area contributed by atoms with Crippen molar-refractivity contribution in [3.8, 4) is 0 Å². The number of rotatable bonds is 3. The van der Waals surface area contributed by atoms with Gasteiger partial charge in [-0.15, -0.1) is 0 Å². The van der Waals surface area contributed by atoms with E-state index >= 15 is 0 Å². The number of benzene rings is 2. The van der Waals surface area contributed by atoms with Gasteiger partial charge < -0.3 is 10.2 Å². The lowest BCUT2D eigenvalue weighted by atomic mass is 10.2. The quantitative estimate of drug-likeness (QED) is 0.754. The van der Waals surface area contributed by atoms with Gasteiger partial charge in [-0.05, 0) is 49.2 Å². The standard InChI is InChI=1S/C19H19ClF2N2O/c20-16-12-18(22)17(21)11-15(16)19(25)23-13-5-7-14(8-6-13)24-9-3-1-2-4-10-24/h5-8,11-12H,1-4,9-10H2,(H,23,25). The second-order valence-corrected chi connectivity index (χ2v) is 6.56. The highest BCUT2D eigenvalue weighted by Gasteiger charge is 2.15. The van der Waals surface area contributed by atoms with Crippen LogP contribution in [0.25, 0.3) is 0 Å². The predicted molar refractivity (Wildman–Crippen MR) is 96.4 cm³/mol. The average Bonchev–Trinajstić information content (AvgIpc) is 2.88. The molecule has 0 radical (unpaired) electrons. The lowest BCUT2D eigenvalue weighted by Gasteiger charge is -2.22. The Morgan fingerprint density at radius 2 is 1.56 bits per heavy atom. The summed E-state index contributed by atoms with van der Waals surface area (Å²) in [5, 5.41) is 2.53. The summed E-state index contributed by atoms with van der Waals surface area (Å²) in [6, 6.07) is 9.10. The Balaban J connectivity index is 1.71. The largest absolute Gasteiger partial charge is 0.372 e. The van der Waals surface area contributed by atoms with Gasteiger partial charge in [0.15, 0.2) is 11.6 Å². The maximum Gasteiger partial charge on any atom is 0.257 e. The monoisotopic (exact) mass is 364 g/mol. The van der Waals surface area contributed by atoms with E-state index in [0.29, 0.717) is 5.69 Å². The van der Waals surface area contributed by atoms with Crippen molar-refractivity contribution in [3.05, 3.63) is 58.6 Å². The fraction of sp³-hybridized carbons (Fsp3) is 0.316. The van der Waals surface area contributed by atoms with Crippen LogP contribution in [0.3, 0.4) is 0 Å². The Bertz CT molecular complexity index is 757. The Kier molecular flexibility index (Phi) is 5.53. The Morgan fingerprint density at radius 1 is 0.960 bits per heavy atom. The van der Waals surface area contributed by atoms with Crippen LogP contribution in [0.4, 0.5) is 20.2 Å². The molecule has 1 heterocycles. The maximum atomic E-state index is 13.3. The highest BCUT2D eigenvalue weighted by molar-refractivity contribution is 6.34. The summed E-state index contributed by atoms with van der Waals surface area (Å²) in [6.45, 7) is 2.08. The van der Waals surface area contributed by atoms with Crippen LogP contribution in [0.2, 0.25) is 5.02 Å². The van der Waals surface area contributed by atoms with E-state index in [9.17, 15) is 13.6 Å². The van der Waals surface area contributed by atoms with Crippen LogP contribution < -0.4 is 10.2 Å². The summed E-state index contributed by atoms with van der Waals surface area (Å²) in [5.74, 6) is -2.76. The summed E-state index contributed by atoms with van der Waals surface area (Å²) in [6.07, 6.45) is 4.90. The number of amides is 1. The minimum atomic E-state index is -1.11. The molecule has 0 unspecified atom stereocenters. The van der Waals surface area contributed by atoms with Gasteiger partial charge in [0.1, 0.15) is 0 Å². The first-order chi connectivity index (χ1) is 12.0. The Labute approximate surface area is 150 Å². The van der Waals surface area contributed by atoms with E-state index < -0.39 is 17.5 Å². The Morgan fingerprint density at radius 3 is 2.20 bits per heavy atom. The number of hydrogen-bond acceptors (Lipinski definition) is 2. The number of anilines is 2. The first kappa shape index (κ1) is 17.7. The lowest BCUT2D eigenvalue weighted by Crippen LogP contribution is -2.23. The molecule has 132 valence electrons. The van der Waals surface area contributed by atoms with Crippen molar-refractivity contribution < 1.29 is 13.6 Å². The molecule has 0 aliphatic carbocycles. The van der Waals surface area contributed by atoms with Gasteiger partial charge in [-0.1, -0.05) is 24.4 Å². The summed E-state index contributed by atoms with van der Waals surface area (Å²) < 4.78 is 26.4. The summed E-state index contributed by atoms with van der Waals surface area (Å²) in [4.78, 5) is 14.6. The van der Waals surface area contributed by atoms with E-state index in [4.69, 9.17) is 11.6 Å². The third kappa shape index (κ3) is 4.28. The molecule has 3 rings (SSSR count). The number of carbonyl (C=O) groups is 1. The number of nitrogens with zero attached hydrogens (tertiary/aromatic N) is 1. The number of hydrogen-bond donors (Lipinski definition) is 1. The highest BCUT2D eigenvalue weighted by Crippen LogP contribution is 2.24. The minimum Gasteiger partial charge on any atom is -0.372 e. The van der Waals surface area contributed by atoms with Gasteiger partial charge in [-0.25, -0.2) is 8.78 Å². The van der Waals surface area contributed by atoms with E-state index in [1.54, 1.807) is 12.1 Å². The van der Waals surface area contributed by atoms with Crippen LogP contribution in [0.15, 0.2) is 36.4 Å². The molecule has 0 bridgehead atoms. The van der Waals surface area contributed by atoms with Crippen molar-refractivity contribution in [3.63, 3.8) is 0 Å². The van der Waals surface area contributed by atoms with Crippen LogP contribution >= 0.6 is 11.6 Å². The molecular formula is C19H19ClF2N2O. The fourth-order valence-electron chi connectivity index (χ4n) is 2.98. The topological polar surface area (TPSA) is 32.3 Å². The van der Waals surface area contributed by atoms with Gasteiger partial charge >= 0.3 is 0 Å². The molecule has 1 aliphatic heterocycles. The molecule has 1 fully saturated rings. The molecule has 1 amide bonds. The molecule has 1 saturated heterocycles. The fourth-order valence-corrected chi connectivity index (χ4v) is 3.22. The molecule has 0 spiro atoms. The first-order valence-corrected chi connectivity index (χ1v) is 8.73. The second-order valence-electron chi connectivity index (χ2n) is 6.15. The minimum absolute atomic E-state index is 0.0999. The summed E-state index contributed by atoms with van der Waals surface area (Å²) >= 11 is 5.83. The highest BCUT2D eigenvalue weighted by atomic mass is 35.5. The molecule has 1 aliphatic rings. The van der Waals surface area contributed by atoms with E-state index in [2.05, 4.69) is 10.2 Å². The summed E-state index contributed by atoms with van der Waals surface area (Å²) in [7, 11) is 0. The lowest BCUT2D eigenvalue weighted by molar-refractivity contribution is 0.102. The van der Waals surface area contributed by atoms with Crippen LogP contribution in [0.5, 0.6) is 0 Å². The van der Waals surface area contributed by atoms with Crippen molar-refractivity contribution in [2.45, 2.75) is 25.7 Å². The third-order valence-electron chi connectivity index (χ3n) is 4.35. The molecule has 6 heteroatoms. The molecule has 0 aromatic heterocycles. The number of nitrogens with one attached hydrogen (secondary N) is 1. The number of halogens is 3. The van der Waals surface area contributed by atoms with E-state index in [0.717, 1.165) is 30.9 Å². The normalized spacial score (nSPS) is 14.9. The number of carbonyl (C=O) groups excluding carboxylic acids is 1. The summed E-state index contributed by atoms with van der Waals surface area (Å²) in [5.41, 5.74) is 1.59. The molecule has 3 nitrogen and oxygen atoms in total. The van der Waals surface area contributed by atoms with Crippen LogP contribution in [0, 0.1) is 11.6 Å². The third-order valence-corrected chi connectivity index (χ3v) is 4.66. The van der Waals surface area contributed by atoms with Crippen LogP contribution in [-0.2, 0) is 0 Å². The average molecular weight is 365 g/mol. The molecular weight excluding hydrogens is 346 g/mol. The Hall–Kier alpha value is -2.14. The van der Waals surface area contributed by atoms with E-state index in [1.807, 2.05) is 12.1 Å². The van der Waals surface area contributed by atoms with Gasteiger partial charge in [0.05, 0.1) is 10.6 Å². The zero-order valence-electron chi connectivity index (χ0n) is 13.7. The van der Waals surface area contributed by atoms with Crippen molar-refractivity contribution in [1.29, 1.82) is 0 Å². The molecule has 2 aromatic carbocycles. The van der Waals surface area contributed by atoms with Gasteiger partial charge in [0.25, 0.3) is 5.91 Å². The molecule has 0 atom stereocenters. The van der Waals surface area contributed by atoms with Gasteiger partial charge in [-0.3, -0.25) is 4.79 Å². The van der Waals surface area contributed by atoms with Gasteiger partial charge in [0, 0.05) is 24.5 Å². The van der Waals surface area contributed by atoms with E-state index in [1.165, 1.54) is 25.7 Å². The second kappa shape index (κ2) is 7.83. The predicted octanol–water partition coefficient (Wildman–Crippen LogP) is 5.25. The van der Waals surface area contributed by atoms with Gasteiger partial charge in [0.2, 0.25) is 0 Å². The van der Waals surface area contributed by atoms with Crippen LogP contribution in [-0.4, -0.2) is 19.0 Å². The zero-order chi connectivity index (χ0) is 17.8. The molecule has 2 aromatic rings.